The molecule has 0 saturated carbocycles. The van der Waals surface area contributed by atoms with Gasteiger partial charge in [0.2, 0.25) is 5.91 Å². The lowest BCUT2D eigenvalue weighted by Gasteiger charge is -2.41. The summed E-state index contributed by atoms with van der Waals surface area (Å²) in [5.41, 5.74) is -2.54. The maximum Gasteiger partial charge on any atom is 0.416 e. The molecule has 5 rings (SSSR count). The number of benzene rings is 2. The monoisotopic (exact) mass is 629 g/mol. The van der Waals surface area contributed by atoms with Gasteiger partial charge in [-0.1, -0.05) is 30.2 Å². The van der Waals surface area contributed by atoms with E-state index >= 15 is 0 Å². The SMILES string of the molecule is O=C(Cc1cc(C(F)(F)F)cc(C(F)(F)F)c1)N1CCC(CCN2CCC(N3CCCCC3)CC2)(c2cccc(Cl)c2)C1. The number of carbonyl (C=O) groups excluding carboxylic acids is 1. The first-order chi connectivity index (χ1) is 20.3. The van der Waals surface area contributed by atoms with E-state index in [1.165, 1.54) is 32.4 Å². The van der Waals surface area contributed by atoms with Crippen LogP contribution in [0.15, 0.2) is 42.5 Å². The number of nitrogens with zero attached hydrogens (tertiary/aromatic N) is 3. The summed E-state index contributed by atoms with van der Waals surface area (Å²) < 4.78 is 80.2. The summed E-state index contributed by atoms with van der Waals surface area (Å²) in [6.45, 7) is 5.92. The van der Waals surface area contributed by atoms with Gasteiger partial charge in [-0.25, -0.2) is 0 Å². The molecule has 3 aliphatic heterocycles. The summed E-state index contributed by atoms with van der Waals surface area (Å²) in [6, 6.07) is 9.55. The fraction of sp³-hybridized carbons (Fsp3) is 0.594. The zero-order valence-electron chi connectivity index (χ0n) is 24.1. The number of hydrogen-bond donors (Lipinski definition) is 0. The van der Waals surface area contributed by atoms with Gasteiger partial charge in [-0.05, 0) is 113 Å². The van der Waals surface area contributed by atoms with Crippen molar-refractivity contribution in [1.29, 1.82) is 0 Å². The predicted molar refractivity (Wildman–Crippen MR) is 154 cm³/mol. The molecule has 3 fully saturated rings. The summed E-state index contributed by atoms with van der Waals surface area (Å²) in [7, 11) is 0. The van der Waals surface area contributed by atoms with Gasteiger partial charge in [0.25, 0.3) is 0 Å². The van der Waals surface area contributed by atoms with Crippen LogP contribution in [0.5, 0.6) is 0 Å². The lowest BCUT2D eigenvalue weighted by Crippen LogP contribution is -2.47. The highest BCUT2D eigenvalue weighted by molar-refractivity contribution is 6.30. The zero-order chi connectivity index (χ0) is 30.8. The van der Waals surface area contributed by atoms with Crippen LogP contribution in [0.25, 0.3) is 0 Å². The molecule has 3 heterocycles. The average Bonchev–Trinajstić information content (AvgIpc) is 3.42. The average molecular weight is 630 g/mol. The van der Waals surface area contributed by atoms with Gasteiger partial charge in [0.15, 0.2) is 0 Å². The van der Waals surface area contributed by atoms with Gasteiger partial charge in [0.05, 0.1) is 17.5 Å². The molecule has 0 aliphatic carbocycles. The maximum atomic E-state index is 13.4. The zero-order valence-corrected chi connectivity index (χ0v) is 24.9. The quantitative estimate of drug-likeness (QED) is 0.298. The highest BCUT2D eigenvalue weighted by Crippen LogP contribution is 2.40. The van der Waals surface area contributed by atoms with Gasteiger partial charge in [-0.2, -0.15) is 26.3 Å². The Hall–Kier alpha value is -2.30. The summed E-state index contributed by atoms with van der Waals surface area (Å²) in [5.74, 6) is -0.487. The normalized spacial score (nSPS) is 23.2. The topological polar surface area (TPSA) is 26.8 Å². The van der Waals surface area contributed by atoms with Gasteiger partial charge < -0.3 is 14.7 Å². The number of piperidine rings is 2. The molecule has 0 radical (unpaired) electrons. The van der Waals surface area contributed by atoms with Crippen molar-refractivity contribution >= 4 is 17.5 Å². The van der Waals surface area contributed by atoms with Crippen LogP contribution in [-0.2, 0) is 29.0 Å². The third-order valence-electron chi connectivity index (χ3n) is 9.52. The van der Waals surface area contributed by atoms with E-state index in [4.69, 9.17) is 11.6 Å². The molecule has 1 amide bonds. The Bertz CT molecular complexity index is 1240. The third-order valence-corrected chi connectivity index (χ3v) is 9.75. The lowest BCUT2D eigenvalue weighted by molar-refractivity contribution is -0.143. The minimum Gasteiger partial charge on any atom is -0.341 e. The van der Waals surface area contributed by atoms with Crippen LogP contribution in [0.3, 0.4) is 0 Å². The number of hydrogen-bond acceptors (Lipinski definition) is 3. The first-order valence-electron chi connectivity index (χ1n) is 15.1. The standard InChI is InChI=1S/C32H38ClF6N3O/c33-27-6-4-5-24(21-27)30(9-15-40-13-7-28(8-14-40)41-11-2-1-3-12-41)10-16-42(22-30)29(43)19-23-17-25(31(34,35)36)20-26(18-23)32(37,38)39/h4-6,17-18,20-21,28H,1-3,7-16,19,22H2. The van der Waals surface area contributed by atoms with Crippen molar-refractivity contribution in [3.63, 3.8) is 0 Å². The molecule has 0 spiro atoms. The number of rotatable bonds is 7. The molecule has 4 nitrogen and oxygen atoms in total. The van der Waals surface area contributed by atoms with Gasteiger partial charge >= 0.3 is 12.4 Å². The fourth-order valence-corrected chi connectivity index (χ4v) is 7.25. The summed E-state index contributed by atoms with van der Waals surface area (Å²) >= 11 is 6.35. The van der Waals surface area contributed by atoms with Crippen molar-refractivity contribution in [1.82, 2.24) is 14.7 Å². The van der Waals surface area contributed by atoms with Crippen molar-refractivity contribution < 1.29 is 31.1 Å². The number of alkyl halides is 6. The van der Waals surface area contributed by atoms with Gasteiger partial charge in [0.1, 0.15) is 0 Å². The third kappa shape index (κ3) is 7.87. The Morgan fingerprint density at radius 3 is 2.12 bits per heavy atom. The second kappa shape index (κ2) is 13.0. The summed E-state index contributed by atoms with van der Waals surface area (Å²) in [4.78, 5) is 20.0. The smallest absolute Gasteiger partial charge is 0.341 e. The molecule has 3 saturated heterocycles. The summed E-state index contributed by atoms with van der Waals surface area (Å²) in [5, 5.41) is 0.577. The predicted octanol–water partition coefficient (Wildman–Crippen LogP) is 7.43. The lowest BCUT2D eigenvalue weighted by atomic mass is 9.76. The minimum atomic E-state index is -4.96. The van der Waals surface area contributed by atoms with Crippen LogP contribution in [-0.4, -0.2) is 72.5 Å². The van der Waals surface area contributed by atoms with Crippen LogP contribution in [0, 0.1) is 0 Å². The van der Waals surface area contributed by atoms with Gasteiger partial charge in [-0.15, -0.1) is 0 Å². The molecule has 2 aromatic carbocycles. The van der Waals surface area contributed by atoms with Crippen LogP contribution in [0.1, 0.15) is 67.2 Å². The Balaban J connectivity index is 1.28. The molecule has 3 aliphatic rings. The molecule has 236 valence electrons. The first-order valence-corrected chi connectivity index (χ1v) is 15.5. The molecular weight excluding hydrogens is 592 g/mol. The Morgan fingerprint density at radius 1 is 0.860 bits per heavy atom. The van der Waals surface area contributed by atoms with Gasteiger partial charge in [-0.3, -0.25) is 4.79 Å². The van der Waals surface area contributed by atoms with Crippen LogP contribution < -0.4 is 0 Å². The van der Waals surface area contributed by atoms with Crippen molar-refractivity contribution in [3.05, 3.63) is 69.7 Å². The van der Waals surface area contributed by atoms with Crippen molar-refractivity contribution in [3.8, 4) is 0 Å². The van der Waals surface area contributed by atoms with E-state index in [9.17, 15) is 31.1 Å². The second-order valence-electron chi connectivity index (χ2n) is 12.4. The van der Waals surface area contributed by atoms with Crippen LogP contribution >= 0.6 is 11.6 Å². The number of carbonyl (C=O) groups is 1. The molecule has 0 bridgehead atoms. The maximum absolute atomic E-state index is 13.4. The minimum absolute atomic E-state index is 0.0866. The van der Waals surface area contributed by atoms with E-state index < -0.39 is 41.2 Å². The highest BCUT2D eigenvalue weighted by Gasteiger charge is 2.42. The van der Waals surface area contributed by atoms with E-state index in [-0.39, 0.29) is 11.6 Å². The largest absolute Gasteiger partial charge is 0.416 e. The van der Waals surface area contributed by atoms with Gasteiger partial charge in [0, 0.05) is 29.6 Å². The highest BCUT2D eigenvalue weighted by atomic mass is 35.5. The molecule has 43 heavy (non-hydrogen) atoms. The molecular formula is C32H38ClF6N3O. The van der Waals surface area contributed by atoms with Crippen molar-refractivity contribution in [2.75, 3.05) is 45.8 Å². The Labute approximate surface area is 254 Å². The van der Waals surface area contributed by atoms with Crippen molar-refractivity contribution in [2.24, 2.45) is 0 Å². The van der Waals surface area contributed by atoms with E-state index in [1.807, 2.05) is 18.2 Å². The number of amides is 1. The molecule has 1 atom stereocenters. The molecule has 1 unspecified atom stereocenters. The van der Waals surface area contributed by atoms with Crippen LogP contribution in [0.4, 0.5) is 26.3 Å². The molecule has 11 heteroatoms. The summed E-state index contributed by atoms with van der Waals surface area (Å²) in [6.07, 6.45) is -2.93. The molecule has 0 aromatic heterocycles. The Morgan fingerprint density at radius 2 is 1.51 bits per heavy atom. The Kier molecular flexibility index (Phi) is 9.69. The fourth-order valence-electron chi connectivity index (χ4n) is 7.06. The van der Waals surface area contributed by atoms with E-state index in [1.54, 1.807) is 11.0 Å². The number of halogens is 7. The van der Waals surface area contributed by atoms with E-state index in [0.717, 1.165) is 44.5 Å². The molecule has 0 N–H and O–H groups in total. The first kappa shape index (κ1) is 32.1. The second-order valence-corrected chi connectivity index (χ2v) is 12.8. The van der Waals surface area contributed by atoms with E-state index in [2.05, 4.69) is 9.80 Å². The van der Waals surface area contributed by atoms with Crippen LogP contribution in [0.2, 0.25) is 5.02 Å². The van der Waals surface area contributed by atoms with E-state index in [0.29, 0.717) is 42.7 Å². The van der Waals surface area contributed by atoms with Crippen molar-refractivity contribution in [2.45, 2.75) is 75.2 Å². The molecule has 2 aromatic rings. The number of likely N-dealkylation sites (tertiary alicyclic amines) is 3.